The molecular formula is C18H18ClN3O2S. The molecule has 1 aliphatic heterocycles. The van der Waals surface area contributed by atoms with Gasteiger partial charge in [-0.25, -0.2) is 0 Å². The summed E-state index contributed by atoms with van der Waals surface area (Å²) in [7, 11) is 3.78. The second-order valence-electron chi connectivity index (χ2n) is 5.84. The molecule has 0 radical (unpaired) electrons. The predicted octanol–water partition coefficient (Wildman–Crippen LogP) is 3.48. The van der Waals surface area contributed by atoms with E-state index in [0.29, 0.717) is 16.5 Å². The summed E-state index contributed by atoms with van der Waals surface area (Å²) >= 11 is 7.54. The molecule has 0 aliphatic carbocycles. The Kier molecular flexibility index (Phi) is 5.20. The van der Waals surface area contributed by atoms with Crippen LogP contribution in [0.1, 0.15) is 0 Å². The van der Waals surface area contributed by atoms with Gasteiger partial charge in [0.15, 0.2) is 0 Å². The van der Waals surface area contributed by atoms with Crippen molar-refractivity contribution in [1.29, 1.82) is 0 Å². The lowest BCUT2D eigenvalue weighted by Crippen LogP contribution is -2.41. The third-order valence-corrected chi connectivity index (χ3v) is 5.11. The standard InChI is InChI=1S/C18H18ClN3O2S/c1-21(2)14-8-7-12(19)9-13(14)20-17(23)10-22-15-5-3-4-6-16(15)25-11-18(22)24/h3-9H,10-11H2,1-2H3,(H,20,23). The number of hydrogen-bond acceptors (Lipinski definition) is 4. The Morgan fingerprint density at radius 3 is 2.80 bits per heavy atom. The van der Waals surface area contributed by atoms with Crippen molar-refractivity contribution in [3.8, 4) is 0 Å². The number of thioether (sulfide) groups is 1. The maximum Gasteiger partial charge on any atom is 0.244 e. The Morgan fingerprint density at radius 1 is 1.28 bits per heavy atom. The minimum Gasteiger partial charge on any atom is -0.376 e. The van der Waals surface area contributed by atoms with Crippen LogP contribution in [0.2, 0.25) is 5.02 Å². The van der Waals surface area contributed by atoms with Gasteiger partial charge in [0.1, 0.15) is 6.54 Å². The van der Waals surface area contributed by atoms with Gasteiger partial charge in [-0.15, -0.1) is 11.8 Å². The van der Waals surface area contributed by atoms with Crippen LogP contribution in [0.3, 0.4) is 0 Å². The number of nitrogens with one attached hydrogen (secondary N) is 1. The highest BCUT2D eigenvalue weighted by Crippen LogP contribution is 2.35. The highest BCUT2D eigenvalue weighted by molar-refractivity contribution is 8.00. The molecule has 0 spiro atoms. The van der Waals surface area contributed by atoms with Gasteiger partial charge in [-0.1, -0.05) is 23.7 Å². The van der Waals surface area contributed by atoms with Gasteiger partial charge in [-0.3, -0.25) is 9.59 Å². The topological polar surface area (TPSA) is 52.7 Å². The lowest BCUT2D eigenvalue weighted by molar-refractivity contribution is -0.120. The lowest BCUT2D eigenvalue weighted by atomic mass is 10.2. The molecule has 0 saturated heterocycles. The van der Waals surface area contributed by atoms with Crippen LogP contribution in [0.5, 0.6) is 0 Å². The predicted molar refractivity (Wildman–Crippen MR) is 104 cm³/mol. The van der Waals surface area contributed by atoms with Crippen molar-refractivity contribution in [3.63, 3.8) is 0 Å². The van der Waals surface area contributed by atoms with E-state index in [4.69, 9.17) is 11.6 Å². The molecule has 25 heavy (non-hydrogen) atoms. The highest BCUT2D eigenvalue weighted by Gasteiger charge is 2.26. The van der Waals surface area contributed by atoms with Gasteiger partial charge in [-0.05, 0) is 30.3 Å². The smallest absolute Gasteiger partial charge is 0.244 e. The highest BCUT2D eigenvalue weighted by atomic mass is 35.5. The number of nitrogens with zero attached hydrogens (tertiary/aromatic N) is 2. The number of anilines is 3. The number of halogens is 1. The van der Waals surface area contributed by atoms with E-state index < -0.39 is 0 Å². The summed E-state index contributed by atoms with van der Waals surface area (Å²) in [6.45, 7) is -0.0320. The molecule has 2 aromatic rings. The zero-order valence-corrected chi connectivity index (χ0v) is 15.5. The second-order valence-corrected chi connectivity index (χ2v) is 7.29. The van der Waals surface area contributed by atoms with Crippen LogP contribution < -0.4 is 15.1 Å². The normalized spacial score (nSPS) is 13.4. The third-order valence-electron chi connectivity index (χ3n) is 3.82. The molecule has 0 bridgehead atoms. The first-order chi connectivity index (χ1) is 12.0. The van der Waals surface area contributed by atoms with Gasteiger partial charge in [0.25, 0.3) is 0 Å². The molecular weight excluding hydrogens is 358 g/mol. The molecule has 2 amide bonds. The summed E-state index contributed by atoms with van der Waals surface area (Å²) < 4.78 is 0. The number of carbonyl (C=O) groups is 2. The Balaban J connectivity index is 1.80. The SMILES string of the molecule is CN(C)c1ccc(Cl)cc1NC(=O)CN1C(=O)CSc2ccccc21. The third kappa shape index (κ3) is 3.91. The van der Waals surface area contributed by atoms with Crippen molar-refractivity contribution in [2.24, 2.45) is 0 Å². The average Bonchev–Trinajstić information content (AvgIpc) is 2.57. The van der Waals surface area contributed by atoms with Crippen LogP contribution in [0.25, 0.3) is 0 Å². The molecule has 0 atom stereocenters. The quantitative estimate of drug-likeness (QED) is 0.888. The summed E-state index contributed by atoms with van der Waals surface area (Å²) in [6, 6.07) is 12.9. The molecule has 2 aromatic carbocycles. The van der Waals surface area contributed by atoms with E-state index in [1.807, 2.05) is 49.3 Å². The zero-order chi connectivity index (χ0) is 18.0. The van der Waals surface area contributed by atoms with E-state index >= 15 is 0 Å². The number of benzene rings is 2. The molecule has 5 nitrogen and oxygen atoms in total. The van der Waals surface area contributed by atoms with Crippen molar-refractivity contribution in [2.75, 3.05) is 41.5 Å². The molecule has 0 saturated carbocycles. The van der Waals surface area contributed by atoms with Crippen LogP contribution in [0, 0.1) is 0 Å². The molecule has 0 fully saturated rings. The molecule has 1 N–H and O–H groups in total. The van der Waals surface area contributed by atoms with Gasteiger partial charge in [0, 0.05) is 24.0 Å². The van der Waals surface area contributed by atoms with Crippen LogP contribution in [0.4, 0.5) is 17.1 Å². The average molecular weight is 376 g/mol. The van der Waals surface area contributed by atoms with E-state index in [0.717, 1.165) is 16.3 Å². The lowest BCUT2D eigenvalue weighted by Gasteiger charge is -2.28. The number of fused-ring (bicyclic) bond motifs is 1. The first-order valence-electron chi connectivity index (χ1n) is 7.74. The van der Waals surface area contributed by atoms with E-state index in [-0.39, 0.29) is 18.4 Å². The van der Waals surface area contributed by atoms with Crippen LogP contribution >= 0.6 is 23.4 Å². The van der Waals surface area contributed by atoms with Crippen LogP contribution in [-0.2, 0) is 9.59 Å². The van der Waals surface area contributed by atoms with E-state index in [9.17, 15) is 9.59 Å². The van der Waals surface area contributed by atoms with E-state index in [1.165, 1.54) is 16.7 Å². The number of hydrogen-bond donors (Lipinski definition) is 1. The zero-order valence-electron chi connectivity index (χ0n) is 14.0. The fraction of sp³-hybridized carbons (Fsp3) is 0.222. The summed E-state index contributed by atoms with van der Waals surface area (Å²) in [5, 5.41) is 3.40. The maximum atomic E-state index is 12.5. The number of rotatable bonds is 4. The molecule has 0 unspecified atom stereocenters. The van der Waals surface area contributed by atoms with E-state index in [1.54, 1.807) is 12.1 Å². The Labute approximate surface area is 155 Å². The van der Waals surface area contributed by atoms with Gasteiger partial charge in [-0.2, -0.15) is 0 Å². The number of amides is 2. The van der Waals surface area contributed by atoms with Crippen molar-refractivity contribution in [2.45, 2.75) is 4.90 Å². The Hall–Kier alpha value is -2.18. The molecule has 1 aliphatic rings. The first kappa shape index (κ1) is 17.6. The molecule has 0 aromatic heterocycles. The Morgan fingerprint density at radius 2 is 2.04 bits per heavy atom. The van der Waals surface area contributed by atoms with Gasteiger partial charge in [0.05, 0.1) is 22.8 Å². The van der Waals surface area contributed by atoms with Crippen LogP contribution in [-0.4, -0.2) is 38.2 Å². The summed E-state index contributed by atoms with van der Waals surface area (Å²) in [5.41, 5.74) is 2.24. The minimum absolute atomic E-state index is 0.0320. The molecule has 130 valence electrons. The fourth-order valence-corrected chi connectivity index (χ4v) is 3.77. The monoisotopic (exact) mass is 375 g/mol. The number of carbonyl (C=O) groups excluding carboxylic acids is 2. The van der Waals surface area contributed by atoms with Crippen molar-refractivity contribution in [3.05, 3.63) is 47.5 Å². The van der Waals surface area contributed by atoms with Gasteiger partial charge >= 0.3 is 0 Å². The number of para-hydroxylation sites is 1. The summed E-state index contributed by atoms with van der Waals surface area (Å²) in [5.74, 6) is 0.00270. The largest absolute Gasteiger partial charge is 0.376 e. The fourth-order valence-electron chi connectivity index (χ4n) is 2.66. The van der Waals surface area contributed by atoms with Gasteiger partial charge in [0.2, 0.25) is 11.8 Å². The second kappa shape index (κ2) is 7.37. The first-order valence-corrected chi connectivity index (χ1v) is 9.11. The minimum atomic E-state index is -0.264. The molecule has 7 heteroatoms. The van der Waals surface area contributed by atoms with Gasteiger partial charge < -0.3 is 15.1 Å². The van der Waals surface area contributed by atoms with Crippen LogP contribution in [0.15, 0.2) is 47.4 Å². The van der Waals surface area contributed by atoms with Crippen molar-refractivity contribution >= 4 is 52.2 Å². The summed E-state index contributed by atoms with van der Waals surface area (Å²) in [6.07, 6.45) is 0. The molecule has 1 heterocycles. The van der Waals surface area contributed by atoms with Crippen molar-refractivity contribution in [1.82, 2.24) is 0 Å². The summed E-state index contributed by atoms with van der Waals surface area (Å²) in [4.78, 5) is 29.2. The van der Waals surface area contributed by atoms with E-state index in [2.05, 4.69) is 5.32 Å². The Bertz CT molecular complexity index is 826. The maximum absolute atomic E-state index is 12.5. The molecule has 3 rings (SSSR count). The van der Waals surface area contributed by atoms with Crippen molar-refractivity contribution < 1.29 is 9.59 Å².